The summed E-state index contributed by atoms with van der Waals surface area (Å²) in [7, 11) is 0. The van der Waals surface area contributed by atoms with E-state index >= 15 is 0 Å². The van der Waals surface area contributed by atoms with Crippen LogP contribution in [0, 0.1) is 0 Å². The Morgan fingerprint density at radius 3 is 1.75 bits per heavy atom. The van der Waals surface area contributed by atoms with Crippen molar-refractivity contribution in [3.05, 3.63) is 192 Å². The molecule has 0 fully saturated rings. The van der Waals surface area contributed by atoms with Crippen LogP contribution in [0.1, 0.15) is 29.5 Å². The zero-order chi connectivity index (χ0) is 32.1. The van der Waals surface area contributed by atoms with Crippen molar-refractivity contribution >= 4 is 22.0 Å². The zero-order valence-corrected chi connectivity index (χ0v) is 26.4. The highest BCUT2D eigenvalue weighted by Crippen LogP contribution is 2.39. The summed E-state index contributed by atoms with van der Waals surface area (Å²) in [6, 6.07) is 50.3. The van der Waals surface area contributed by atoms with Crippen LogP contribution in [0.25, 0.3) is 56.2 Å². The molecule has 0 amide bonds. The molecule has 0 atom stereocenters. The number of hydrogen-bond acceptors (Lipinski definition) is 4. The number of benzene rings is 5. The van der Waals surface area contributed by atoms with Gasteiger partial charge in [0.25, 0.3) is 0 Å². The first-order valence-electron chi connectivity index (χ1n) is 16.3. The van der Waals surface area contributed by atoms with E-state index in [1.807, 2.05) is 54.7 Å². The van der Waals surface area contributed by atoms with Crippen LogP contribution in [0.3, 0.4) is 0 Å². The molecule has 4 nitrogen and oxygen atoms in total. The van der Waals surface area contributed by atoms with Gasteiger partial charge in [0.2, 0.25) is 0 Å². The Bertz CT molecular complexity index is 2320. The number of allylic oxidation sites excluding steroid dienone is 5. The largest absolute Gasteiger partial charge is 0.256 e. The highest BCUT2D eigenvalue weighted by atomic mass is 15.0. The highest BCUT2D eigenvalue weighted by Gasteiger charge is 2.19. The monoisotopic (exact) mass is 616 g/mol. The molecule has 1 aliphatic rings. The topological polar surface area (TPSA) is 51.6 Å². The molecule has 7 aromatic rings. The Hall–Kier alpha value is -6.26. The fourth-order valence-corrected chi connectivity index (χ4v) is 6.30. The van der Waals surface area contributed by atoms with Crippen molar-refractivity contribution in [2.75, 3.05) is 0 Å². The highest BCUT2D eigenvalue weighted by molar-refractivity contribution is 6.05. The van der Waals surface area contributed by atoms with E-state index in [1.165, 1.54) is 22.3 Å². The lowest BCUT2D eigenvalue weighted by Gasteiger charge is -2.20. The lowest BCUT2D eigenvalue weighted by molar-refractivity contribution is 1.03. The number of aromatic nitrogens is 4. The van der Waals surface area contributed by atoms with Gasteiger partial charge in [-0.25, -0.2) is 15.0 Å². The van der Waals surface area contributed by atoms with Crippen LogP contribution < -0.4 is 0 Å². The quantitative estimate of drug-likeness (QED) is 0.167. The van der Waals surface area contributed by atoms with Crippen molar-refractivity contribution in [2.45, 2.75) is 12.8 Å². The third kappa shape index (κ3) is 6.00. The molecule has 0 bridgehead atoms. The summed E-state index contributed by atoms with van der Waals surface area (Å²) in [5.41, 5.74) is 10.7. The number of rotatable bonds is 7. The van der Waals surface area contributed by atoms with E-state index in [-0.39, 0.29) is 0 Å². The van der Waals surface area contributed by atoms with Crippen molar-refractivity contribution < 1.29 is 0 Å². The van der Waals surface area contributed by atoms with Gasteiger partial charge >= 0.3 is 0 Å². The van der Waals surface area contributed by atoms with Gasteiger partial charge in [-0.1, -0.05) is 133 Å². The number of pyridine rings is 1. The average Bonchev–Trinajstić information content (AvgIpc) is 3.18. The molecule has 48 heavy (non-hydrogen) atoms. The first kappa shape index (κ1) is 29.2. The van der Waals surface area contributed by atoms with Crippen molar-refractivity contribution in [1.29, 1.82) is 0 Å². The van der Waals surface area contributed by atoms with E-state index < -0.39 is 0 Å². The smallest absolute Gasteiger partial charge is 0.164 e. The molecule has 0 saturated heterocycles. The van der Waals surface area contributed by atoms with Gasteiger partial charge in [0.1, 0.15) is 0 Å². The summed E-state index contributed by atoms with van der Waals surface area (Å²) in [5, 5.41) is 1.04. The van der Waals surface area contributed by atoms with E-state index in [1.54, 1.807) is 0 Å². The first-order valence-corrected chi connectivity index (χ1v) is 16.3. The Balaban J connectivity index is 1.34. The lowest BCUT2D eigenvalue weighted by Crippen LogP contribution is -2.02. The molecule has 0 saturated carbocycles. The number of hydrogen-bond donors (Lipinski definition) is 0. The third-order valence-electron chi connectivity index (χ3n) is 8.60. The molecule has 8 rings (SSSR count). The van der Waals surface area contributed by atoms with E-state index in [0.29, 0.717) is 17.5 Å². The molecule has 4 heteroatoms. The van der Waals surface area contributed by atoms with Crippen LogP contribution in [0.4, 0.5) is 0 Å². The van der Waals surface area contributed by atoms with Gasteiger partial charge in [-0.05, 0) is 76.6 Å². The molecular formula is C44H32N4. The molecule has 0 unspecified atom stereocenters. The van der Waals surface area contributed by atoms with Crippen molar-refractivity contribution in [1.82, 2.24) is 19.9 Å². The Kier molecular flexibility index (Phi) is 8.04. The fraction of sp³-hybridized carbons (Fsp3) is 0.0455. The van der Waals surface area contributed by atoms with Crippen molar-refractivity contribution in [3.8, 4) is 34.2 Å². The fourth-order valence-electron chi connectivity index (χ4n) is 6.30. The van der Waals surface area contributed by atoms with Crippen molar-refractivity contribution in [3.63, 3.8) is 0 Å². The minimum Gasteiger partial charge on any atom is -0.256 e. The van der Waals surface area contributed by atoms with Gasteiger partial charge in [-0.15, -0.1) is 0 Å². The standard InChI is InChI=1S/C44H32N4/c1-5-15-31(16-6-1)40(32-17-7-2-8-18-32)41(33-19-9-3-10-20-33)36-23-13-24-37(30-36)43-46-42(34-21-11-4-12-22-34)47-44(48-43)38-26-27-39-35(29-38)25-14-28-45-39/h1,3-7,9-30H,2,8H2/b41-40+. The van der Waals surface area contributed by atoms with Gasteiger partial charge < -0.3 is 0 Å². The number of fused-ring (bicyclic) bond motifs is 1. The average molecular weight is 617 g/mol. The van der Waals surface area contributed by atoms with Crippen LogP contribution in [0.15, 0.2) is 176 Å². The van der Waals surface area contributed by atoms with Gasteiger partial charge in [-0.3, -0.25) is 4.98 Å². The second-order valence-corrected chi connectivity index (χ2v) is 11.8. The van der Waals surface area contributed by atoms with Crippen LogP contribution in [0.2, 0.25) is 0 Å². The first-order chi connectivity index (χ1) is 23.8. The molecule has 0 spiro atoms. The molecule has 0 N–H and O–H groups in total. The minimum atomic E-state index is 0.622. The van der Waals surface area contributed by atoms with Gasteiger partial charge in [0, 0.05) is 28.3 Å². The SMILES string of the molecule is C1=CC(/C(=C(\c2ccccc2)c2cccc(-c3nc(-c4ccccc4)nc(-c4ccc5ncccc5c4)n3)c2)c2ccccc2)=CCC1. The maximum absolute atomic E-state index is 5.09. The Morgan fingerprint density at radius 2 is 1.06 bits per heavy atom. The Morgan fingerprint density at radius 1 is 0.458 bits per heavy atom. The minimum absolute atomic E-state index is 0.622. The summed E-state index contributed by atoms with van der Waals surface area (Å²) in [6.07, 6.45) is 10.8. The number of nitrogens with zero attached hydrogens (tertiary/aromatic N) is 4. The summed E-state index contributed by atoms with van der Waals surface area (Å²) in [5.74, 6) is 1.88. The maximum Gasteiger partial charge on any atom is 0.164 e. The third-order valence-corrected chi connectivity index (χ3v) is 8.60. The molecule has 5 aromatic carbocycles. The van der Waals surface area contributed by atoms with Crippen molar-refractivity contribution in [2.24, 2.45) is 0 Å². The van der Waals surface area contributed by atoms with E-state index in [4.69, 9.17) is 15.0 Å². The zero-order valence-electron chi connectivity index (χ0n) is 26.4. The second kappa shape index (κ2) is 13.2. The van der Waals surface area contributed by atoms with E-state index in [0.717, 1.165) is 51.6 Å². The van der Waals surface area contributed by atoms with E-state index in [2.05, 4.69) is 120 Å². The van der Waals surface area contributed by atoms with E-state index in [9.17, 15) is 0 Å². The van der Waals surface area contributed by atoms with Crippen LogP contribution in [-0.2, 0) is 0 Å². The van der Waals surface area contributed by atoms with Gasteiger partial charge in [-0.2, -0.15) is 0 Å². The second-order valence-electron chi connectivity index (χ2n) is 11.8. The predicted molar refractivity (Wildman–Crippen MR) is 197 cm³/mol. The van der Waals surface area contributed by atoms with Crippen LogP contribution >= 0.6 is 0 Å². The molecule has 2 aromatic heterocycles. The summed E-state index contributed by atoms with van der Waals surface area (Å²) in [6.45, 7) is 0. The maximum atomic E-state index is 5.09. The predicted octanol–water partition coefficient (Wildman–Crippen LogP) is 10.7. The molecule has 228 valence electrons. The molecule has 0 radical (unpaired) electrons. The normalized spacial score (nSPS) is 13.2. The Labute approximate surface area is 280 Å². The lowest BCUT2D eigenvalue weighted by atomic mass is 9.83. The molecular weight excluding hydrogens is 585 g/mol. The van der Waals surface area contributed by atoms with Crippen LogP contribution in [0.5, 0.6) is 0 Å². The van der Waals surface area contributed by atoms with Gasteiger partial charge in [0.15, 0.2) is 17.5 Å². The molecule has 2 heterocycles. The molecule has 1 aliphatic carbocycles. The van der Waals surface area contributed by atoms with Crippen LogP contribution in [-0.4, -0.2) is 19.9 Å². The summed E-state index contributed by atoms with van der Waals surface area (Å²) >= 11 is 0. The molecule has 0 aliphatic heterocycles. The summed E-state index contributed by atoms with van der Waals surface area (Å²) in [4.78, 5) is 19.6. The van der Waals surface area contributed by atoms with Gasteiger partial charge in [0.05, 0.1) is 5.52 Å². The summed E-state index contributed by atoms with van der Waals surface area (Å²) < 4.78 is 0.